The predicted octanol–water partition coefficient (Wildman–Crippen LogP) is 0.899. The molecule has 0 aromatic carbocycles. The Labute approximate surface area is 113 Å². The van der Waals surface area contributed by atoms with Gasteiger partial charge in [-0.2, -0.15) is 5.10 Å². The first-order valence-corrected chi connectivity index (χ1v) is 6.87. The van der Waals surface area contributed by atoms with E-state index in [4.69, 9.17) is 5.73 Å². The van der Waals surface area contributed by atoms with E-state index in [-0.39, 0.29) is 11.9 Å². The van der Waals surface area contributed by atoms with E-state index in [1.807, 2.05) is 11.6 Å². The Hall–Kier alpha value is -1.72. The molecular formula is C13H23N5O. The summed E-state index contributed by atoms with van der Waals surface area (Å²) in [4.78, 5) is 13.3. The molecule has 1 aromatic rings. The van der Waals surface area contributed by atoms with Crippen molar-refractivity contribution in [2.24, 2.45) is 0 Å². The van der Waals surface area contributed by atoms with Gasteiger partial charge in [-0.3, -0.25) is 4.79 Å². The predicted molar refractivity (Wildman–Crippen MR) is 76.1 cm³/mol. The summed E-state index contributed by atoms with van der Waals surface area (Å²) in [6, 6.07) is 0.210. The lowest BCUT2D eigenvalue weighted by Crippen LogP contribution is -2.36. The summed E-state index contributed by atoms with van der Waals surface area (Å²) >= 11 is 0. The van der Waals surface area contributed by atoms with Crippen LogP contribution in [0.5, 0.6) is 0 Å². The Kier molecular flexibility index (Phi) is 3.97. The molecule has 1 aliphatic heterocycles. The van der Waals surface area contributed by atoms with Crippen molar-refractivity contribution in [3.8, 4) is 0 Å². The van der Waals surface area contributed by atoms with Crippen molar-refractivity contribution in [2.45, 2.75) is 46.2 Å². The number of hydrogen-bond donors (Lipinski definition) is 2. The number of carbonyl (C=O) groups excluding carboxylic acids is 1. The van der Waals surface area contributed by atoms with Crippen molar-refractivity contribution in [1.82, 2.24) is 15.1 Å². The molecule has 6 heteroatoms. The fourth-order valence-electron chi connectivity index (χ4n) is 2.64. The first kappa shape index (κ1) is 13.7. The van der Waals surface area contributed by atoms with Crippen LogP contribution >= 0.6 is 0 Å². The van der Waals surface area contributed by atoms with Gasteiger partial charge in [0.25, 0.3) is 0 Å². The Morgan fingerprint density at radius 3 is 2.95 bits per heavy atom. The number of nitrogens with two attached hydrogens (primary N) is 1. The first-order valence-electron chi connectivity index (χ1n) is 6.87. The van der Waals surface area contributed by atoms with Crippen LogP contribution in [0.3, 0.4) is 0 Å². The Morgan fingerprint density at radius 1 is 1.58 bits per heavy atom. The second-order valence-corrected chi connectivity index (χ2v) is 5.18. The van der Waals surface area contributed by atoms with E-state index in [0.717, 1.165) is 49.7 Å². The lowest BCUT2D eigenvalue weighted by molar-refractivity contribution is -0.119. The number of nitrogens with one attached hydrogen (secondary N) is 1. The highest BCUT2D eigenvalue weighted by Gasteiger charge is 2.27. The normalized spacial score (nSPS) is 18.9. The monoisotopic (exact) mass is 265 g/mol. The zero-order valence-corrected chi connectivity index (χ0v) is 11.9. The van der Waals surface area contributed by atoms with Crippen molar-refractivity contribution in [2.75, 3.05) is 23.7 Å². The van der Waals surface area contributed by atoms with E-state index in [0.29, 0.717) is 0 Å². The van der Waals surface area contributed by atoms with Gasteiger partial charge in [0, 0.05) is 32.6 Å². The van der Waals surface area contributed by atoms with Gasteiger partial charge in [-0.15, -0.1) is 0 Å². The fourth-order valence-corrected chi connectivity index (χ4v) is 2.64. The Morgan fingerprint density at radius 2 is 2.32 bits per heavy atom. The number of nitrogen functional groups attached to an aromatic ring is 1. The Bertz CT molecular complexity index is 468. The minimum atomic E-state index is 0.0260. The minimum Gasteiger partial charge on any atom is -0.394 e. The number of carbonyl (C=O) groups is 1. The van der Waals surface area contributed by atoms with Crippen LogP contribution in [0, 0.1) is 6.92 Å². The molecule has 1 amide bonds. The number of nitrogens with zero attached hydrogens (tertiary/aromatic N) is 3. The van der Waals surface area contributed by atoms with Gasteiger partial charge < -0.3 is 16.0 Å². The molecule has 19 heavy (non-hydrogen) atoms. The van der Waals surface area contributed by atoms with Crippen LogP contribution in [-0.4, -0.2) is 34.8 Å². The van der Waals surface area contributed by atoms with Gasteiger partial charge in [0.05, 0.1) is 11.4 Å². The van der Waals surface area contributed by atoms with Crippen LogP contribution in [0.1, 0.15) is 32.4 Å². The summed E-state index contributed by atoms with van der Waals surface area (Å²) in [7, 11) is 0. The van der Waals surface area contributed by atoms with Crippen molar-refractivity contribution >= 4 is 17.4 Å². The highest BCUT2D eigenvalue weighted by molar-refractivity contribution is 5.73. The van der Waals surface area contributed by atoms with Gasteiger partial charge in [0.1, 0.15) is 0 Å². The Balaban J connectivity index is 2.16. The standard InChI is InChI=1S/C13H23N5O/c1-4-6-18-13(12(14)9(2)16-18)17-7-5-11(8-17)15-10(3)19/h11H,4-8,14H2,1-3H3,(H,15,19). The quantitative estimate of drug-likeness (QED) is 0.848. The molecule has 1 aromatic heterocycles. The van der Waals surface area contributed by atoms with Crippen LogP contribution in [0.25, 0.3) is 0 Å². The summed E-state index contributed by atoms with van der Waals surface area (Å²) in [6.45, 7) is 8.20. The van der Waals surface area contributed by atoms with Crippen molar-refractivity contribution in [3.63, 3.8) is 0 Å². The molecule has 0 bridgehead atoms. The second kappa shape index (κ2) is 5.50. The zero-order valence-electron chi connectivity index (χ0n) is 11.9. The van der Waals surface area contributed by atoms with Crippen LogP contribution in [-0.2, 0) is 11.3 Å². The topological polar surface area (TPSA) is 76.2 Å². The zero-order chi connectivity index (χ0) is 14.0. The SMILES string of the molecule is CCCn1nc(C)c(N)c1N1CCC(NC(C)=O)C1. The number of aromatic nitrogens is 2. The minimum absolute atomic E-state index is 0.0260. The summed E-state index contributed by atoms with van der Waals surface area (Å²) in [5.41, 5.74) is 7.79. The van der Waals surface area contributed by atoms with Crippen molar-refractivity contribution < 1.29 is 4.79 Å². The fraction of sp³-hybridized carbons (Fsp3) is 0.692. The second-order valence-electron chi connectivity index (χ2n) is 5.18. The lowest BCUT2D eigenvalue weighted by Gasteiger charge is -2.20. The molecule has 1 atom stereocenters. The molecular weight excluding hydrogens is 242 g/mol. The molecule has 0 radical (unpaired) electrons. The summed E-state index contributed by atoms with van der Waals surface area (Å²) < 4.78 is 1.99. The van der Waals surface area contributed by atoms with Crippen LogP contribution in [0.15, 0.2) is 0 Å². The van der Waals surface area contributed by atoms with E-state index in [1.165, 1.54) is 0 Å². The largest absolute Gasteiger partial charge is 0.394 e. The van der Waals surface area contributed by atoms with Gasteiger partial charge in [-0.05, 0) is 19.8 Å². The van der Waals surface area contributed by atoms with Crippen molar-refractivity contribution in [1.29, 1.82) is 0 Å². The van der Waals surface area contributed by atoms with Crippen molar-refractivity contribution in [3.05, 3.63) is 5.69 Å². The van der Waals surface area contributed by atoms with Gasteiger partial charge in [-0.25, -0.2) is 4.68 Å². The summed E-state index contributed by atoms with van der Waals surface area (Å²) in [5.74, 6) is 1.03. The number of amides is 1. The third-order valence-electron chi connectivity index (χ3n) is 3.48. The molecule has 1 aliphatic rings. The van der Waals surface area contributed by atoms with Crippen LogP contribution in [0.2, 0.25) is 0 Å². The van der Waals surface area contributed by atoms with Gasteiger partial charge in [0.2, 0.25) is 5.91 Å². The number of anilines is 2. The molecule has 106 valence electrons. The molecule has 3 N–H and O–H groups in total. The van der Waals surface area contributed by atoms with E-state index >= 15 is 0 Å². The highest BCUT2D eigenvalue weighted by atomic mass is 16.1. The van der Waals surface area contributed by atoms with Gasteiger partial charge in [0.15, 0.2) is 5.82 Å². The van der Waals surface area contributed by atoms with Gasteiger partial charge >= 0.3 is 0 Å². The van der Waals surface area contributed by atoms with Crippen LogP contribution in [0.4, 0.5) is 11.5 Å². The van der Waals surface area contributed by atoms with E-state index < -0.39 is 0 Å². The van der Waals surface area contributed by atoms with Gasteiger partial charge in [-0.1, -0.05) is 6.92 Å². The molecule has 0 spiro atoms. The molecule has 1 unspecified atom stereocenters. The molecule has 0 aliphatic carbocycles. The van der Waals surface area contributed by atoms with E-state index in [2.05, 4.69) is 22.2 Å². The van der Waals surface area contributed by atoms with Crippen LogP contribution < -0.4 is 16.0 Å². The molecule has 1 fully saturated rings. The molecule has 6 nitrogen and oxygen atoms in total. The molecule has 0 saturated carbocycles. The smallest absolute Gasteiger partial charge is 0.217 e. The maximum absolute atomic E-state index is 11.1. The average Bonchev–Trinajstić information content (AvgIpc) is 2.86. The number of rotatable bonds is 4. The molecule has 2 rings (SSSR count). The maximum Gasteiger partial charge on any atom is 0.217 e. The maximum atomic E-state index is 11.1. The highest BCUT2D eigenvalue weighted by Crippen LogP contribution is 2.29. The molecule has 2 heterocycles. The number of aryl methyl sites for hydroxylation is 2. The molecule has 1 saturated heterocycles. The first-order chi connectivity index (χ1) is 9.02. The summed E-state index contributed by atoms with van der Waals surface area (Å²) in [6.07, 6.45) is 1.98. The third kappa shape index (κ3) is 2.83. The third-order valence-corrected chi connectivity index (χ3v) is 3.48. The lowest BCUT2D eigenvalue weighted by atomic mass is 10.2. The van der Waals surface area contributed by atoms with E-state index in [1.54, 1.807) is 6.92 Å². The summed E-state index contributed by atoms with van der Waals surface area (Å²) in [5, 5.41) is 7.46. The number of hydrogen-bond acceptors (Lipinski definition) is 4. The average molecular weight is 265 g/mol. The van der Waals surface area contributed by atoms with E-state index in [9.17, 15) is 4.79 Å².